The molecule has 1 aromatic carbocycles. The highest BCUT2D eigenvalue weighted by molar-refractivity contribution is 7.99. The third-order valence-electron chi connectivity index (χ3n) is 2.85. The molecule has 0 amide bonds. The maximum atomic E-state index is 11.9. The molecular weight excluding hydrogens is 204 g/mol. The van der Waals surface area contributed by atoms with E-state index in [0.29, 0.717) is 18.1 Å². The van der Waals surface area contributed by atoms with E-state index in [9.17, 15) is 4.79 Å². The third kappa shape index (κ3) is 2.85. The average molecular weight is 220 g/mol. The molecule has 1 aliphatic rings. The van der Waals surface area contributed by atoms with Crippen LogP contribution in [0.5, 0.6) is 0 Å². The lowest BCUT2D eigenvalue weighted by molar-refractivity contribution is -0.121. The number of aryl methyl sites for hydroxylation is 1. The number of ketones is 1. The van der Waals surface area contributed by atoms with Crippen LogP contribution in [0.4, 0.5) is 0 Å². The number of carbonyl (C=O) groups excluding carboxylic acids is 1. The van der Waals surface area contributed by atoms with Crippen LogP contribution in [0.15, 0.2) is 24.3 Å². The molecule has 0 saturated carbocycles. The van der Waals surface area contributed by atoms with Crippen molar-refractivity contribution in [2.75, 3.05) is 11.5 Å². The molecule has 0 aliphatic carbocycles. The summed E-state index contributed by atoms with van der Waals surface area (Å²) in [6.07, 6.45) is 1.70. The monoisotopic (exact) mass is 220 g/mol. The van der Waals surface area contributed by atoms with E-state index >= 15 is 0 Å². The summed E-state index contributed by atoms with van der Waals surface area (Å²) in [6, 6.07) is 8.26. The molecule has 1 aliphatic heterocycles. The quantitative estimate of drug-likeness (QED) is 0.779. The van der Waals surface area contributed by atoms with Gasteiger partial charge in [-0.15, -0.1) is 0 Å². The zero-order chi connectivity index (χ0) is 10.7. The highest BCUT2D eigenvalue weighted by atomic mass is 32.2. The highest BCUT2D eigenvalue weighted by Gasteiger charge is 2.22. The minimum Gasteiger partial charge on any atom is -0.299 e. The Bertz CT molecular complexity index is 353. The van der Waals surface area contributed by atoms with Gasteiger partial charge in [0.2, 0.25) is 0 Å². The summed E-state index contributed by atoms with van der Waals surface area (Å²) in [6.45, 7) is 2.07. The summed E-state index contributed by atoms with van der Waals surface area (Å²) in [5.41, 5.74) is 2.40. The van der Waals surface area contributed by atoms with Crippen molar-refractivity contribution in [2.45, 2.75) is 19.8 Å². The normalized spacial score (nSPS) is 20.5. The van der Waals surface area contributed by atoms with Crippen LogP contribution in [-0.4, -0.2) is 17.3 Å². The van der Waals surface area contributed by atoms with Gasteiger partial charge in [-0.3, -0.25) is 4.79 Å². The number of Topliss-reactive ketones (excluding diaryl/α,β-unsaturated/α-hetero) is 1. The molecule has 1 saturated heterocycles. The first kappa shape index (κ1) is 10.7. The van der Waals surface area contributed by atoms with Crippen LogP contribution >= 0.6 is 11.8 Å². The van der Waals surface area contributed by atoms with Crippen molar-refractivity contribution in [1.29, 1.82) is 0 Å². The number of rotatable bonds is 3. The van der Waals surface area contributed by atoms with Gasteiger partial charge in [0, 0.05) is 18.1 Å². The van der Waals surface area contributed by atoms with E-state index in [0.717, 1.165) is 23.5 Å². The number of hydrogen-bond donors (Lipinski definition) is 0. The lowest BCUT2D eigenvalue weighted by Gasteiger charge is -2.07. The van der Waals surface area contributed by atoms with Crippen LogP contribution in [0.3, 0.4) is 0 Å². The zero-order valence-electron chi connectivity index (χ0n) is 9.03. The van der Waals surface area contributed by atoms with Gasteiger partial charge in [-0.05, 0) is 24.7 Å². The van der Waals surface area contributed by atoms with Crippen LogP contribution in [-0.2, 0) is 11.2 Å². The Labute approximate surface area is 95.3 Å². The zero-order valence-corrected chi connectivity index (χ0v) is 9.85. The predicted molar refractivity (Wildman–Crippen MR) is 65.3 cm³/mol. The standard InChI is InChI=1S/C13H16OS/c1-10-3-2-4-11(7-10)8-13(14)12-5-6-15-9-12/h2-4,7,12H,5-6,8-9H2,1H3. The summed E-state index contributed by atoms with van der Waals surface area (Å²) < 4.78 is 0. The summed E-state index contributed by atoms with van der Waals surface area (Å²) in [5.74, 6) is 2.93. The SMILES string of the molecule is Cc1cccc(CC(=O)C2CCSC2)c1. The van der Waals surface area contributed by atoms with Crippen LogP contribution in [0.1, 0.15) is 17.5 Å². The molecule has 1 nitrogen and oxygen atoms in total. The van der Waals surface area contributed by atoms with Crippen molar-refractivity contribution >= 4 is 17.5 Å². The second-order valence-corrected chi connectivity index (χ2v) is 5.34. The third-order valence-corrected chi connectivity index (χ3v) is 4.01. The molecule has 1 fully saturated rings. The Hall–Kier alpha value is -0.760. The molecule has 0 N–H and O–H groups in total. The lowest BCUT2D eigenvalue weighted by atomic mass is 9.97. The number of benzene rings is 1. The lowest BCUT2D eigenvalue weighted by Crippen LogP contribution is -2.16. The van der Waals surface area contributed by atoms with Gasteiger partial charge in [0.1, 0.15) is 5.78 Å². The molecular formula is C13H16OS. The second kappa shape index (κ2) is 4.84. The van der Waals surface area contributed by atoms with Gasteiger partial charge in [0.15, 0.2) is 0 Å². The Morgan fingerprint density at radius 1 is 1.53 bits per heavy atom. The van der Waals surface area contributed by atoms with Crippen LogP contribution in [0, 0.1) is 12.8 Å². The van der Waals surface area contributed by atoms with E-state index in [2.05, 4.69) is 19.1 Å². The fraction of sp³-hybridized carbons (Fsp3) is 0.462. The molecule has 0 bridgehead atoms. The van der Waals surface area contributed by atoms with E-state index in [4.69, 9.17) is 0 Å². The molecule has 0 spiro atoms. The molecule has 1 atom stereocenters. The van der Waals surface area contributed by atoms with Crippen molar-refractivity contribution in [3.05, 3.63) is 35.4 Å². The van der Waals surface area contributed by atoms with Gasteiger partial charge in [-0.25, -0.2) is 0 Å². The van der Waals surface area contributed by atoms with Crippen molar-refractivity contribution in [3.63, 3.8) is 0 Å². The van der Waals surface area contributed by atoms with Crippen molar-refractivity contribution in [1.82, 2.24) is 0 Å². The van der Waals surface area contributed by atoms with E-state index in [1.165, 1.54) is 5.56 Å². The minimum absolute atomic E-state index is 0.315. The molecule has 15 heavy (non-hydrogen) atoms. The van der Waals surface area contributed by atoms with E-state index < -0.39 is 0 Å². The van der Waals surface area contributed by atoms with Crippen LogP contribution in [0.2, 0.25) is 0 Å². The Morgan fingerprint density at radius 3 is 3.07 bits per heavy atom. The molecule has 0 radical (unpaired) electrons. The summed E-state index contributed by atoms with van der Waals surface area (Å²) >= 11 is 1.90. The molecule has 80 valence electrons. The average Bonchev–Trinajstić information content (AvgIpc) is 2.70. The van der Waals surface area contributed by atoms with Gasteiger partial charge in [-0.2, -0.15) is 11.8 Å². The van der Waals surface area contributed by atoms with Crippen LogP contribution in [0.25, 0.3) is 0 Å². The summed E-state index contributed by atoms with van der Waals surface area (Å²) in [4.78, 5) is 11.9. The number of carbonyl (C=O) groups is 1. The Morgan fingerprint density at radius 2 is 2.40 bits per heavy atom. The molecule has 1 unspecified atom stereocenters. The molecule has 1 aromatic rings. The Balaban J connectivity index is 1.99. The van der Waals surface area contributed by atoms with E-state index in [1.54, 1.807) is 0 Å². The second-order valence-electron chi connectivity index (χ2n) is 4.19. The van der Waals surface area contributed by atoms with Crippen molar-refractivity contribution in [2.24, 2.45) is 5.92 Å². The number of hydrogen-bond acceptors (Lipinski definition) is 2. The maximum Gasteiger partial charge on any atom is 0.141 e. The smallest absolute Gasteiger partial charge is 0.141 e. The van der Waals surface area contributed by atoms with Gasteiger partial charge in [0.05, 0.1) is 0 Å². The highest BCUT2D eigenvalue weighted by Crippen LogP contribution is 2.25. The van der Waals surface area contributed by atoms with E-state index in [1.807, 2.05) is 23.9 Å². The summed E-state index contributed by atoms with van der Waals surface area (Å²) in [7, 11) is 0. The minimum atomic E-state index is 0.315. The first-order valence-corrected chi connectivity index (χ1v) is 6.57. The fourth-order valence-corrected chi connectivity index (χ4v) is 3.21. The predicted octanol–water partition coefficient (Wildman–Crippen LogP) is 2.86. The molecule has 2 rings (SSSR count). The van der Waals surface area contributed by atoms with Gasteiger partial charge >= 0.3 is 0 Å². The van der Waals surface area contributed by atoms with Gasteiger partial charge in [0.25, 0.3) is 0 Å². The largest absolute Gasteiger partial charge is 0.299 e. The fourth-order valence-electron chi connectivity index (χ4n) is 1.96. The molecule has 1 heterocycles. The van der Waals surface area contributed by atoms with Gasteiger partial charge in [-0.1, -0.05) is 29.8 Å². The Kier molecular flexibility index (Phi) is 3.47. The number of thioether (sulfide) groups is 1. The summed E-state index contributed by atoms with van der Waals surface area (Å²) in [5, 5.41) is 0. The van der Waals surface area contributed by atoms with Crippen LogP contribution < -0.4 is 0 Å². The molecule has 2 heteroatoms. The van der Waals surface area contributed by atoms with Crippen molar-refractivity contribution in [3.8, 4) is 0 Å². The maximum absolute atomic E-state index is 11.9. The topological polar surface area (TPSA) is 17.1 Å². The first-order valence-electron chi connectivity index (χ1n) is 5.42. The van der Waals surface area contributed by atoms with Gasteiger partial charge < -0.3 is 0 Å². The van der Waals surface area contributed by atoms with Crippen molar-refractivity contribution < 1.29 is 4.79 Å². The molecule has 0 aromatic heterocycles. The first-order chi connectivity index (χ1) is 7.25. The van der Waals surface area contributed by atoms with E-state index in [-0.39, 0.29) is 0 Å².